The third-order valence-electron chi connectivity index (χ3n) is 4.48. The lowest BCUT2D eigenvalue weighted by Crippen LogP contribution is -2.26. The number of aliphatic hydroxyl groups is 1. The Morgan fingerprint density at radius 1 is 0.769 bits per heavy atom. The van der Waals surface area contributed by atoms with Gasteiger partial charge < -0.3 is 15.2 Å². The zero-order chi connectivity index (χ0) is 17.8. The highest BCUT2D eigenvalue weighted by Crippen LogP contribution is 2.23. The molecule has 4 aromatic carbocycles. The molecule has 0 saturated heterocycles. The summed E-state index contributed by atoms with van der Waals surface area (Å²) in [5.41, 5.74) is 1.02. The highest BCUT2D eigenvalue weighted by atomic mass is 16.5. The van der Waals surface area contributed by atoms with Crippen LogP contribution in [0.2, 0.25) is 0 Å². The molecule has 0 heterocycles. The molecule has 1 atom stereocenters. The monoisotopic (exact) mass is 343 g/mol. The fraction of sp³-hybridized carbons (Fsp3) is 0.130. The normalized spacial score (nSPS) is 12.2. The van der Waals surface area contributed by atoms with E-state index in [9.17, 15) is 5.11 Å². The van der Waals surface area contributed by atoms with Crippen LogP contribution in [-0.2, 0) is 0 Å². The van der Waals surface area contributed by atoms with Gasteiger partial charge in [-0.05, 0) is 34.4 Å². The van der Waals surface area contributed by atoms with E-state index >= 15 is 0 Å². The molecule has 0 spiro atoms. The maximum atomic E-state index is 10.3. The van der Waals surface area contributed by atoms with E-state index in [4.69, 9.17) is 4.74 Å². The maximum Gasteiger partial charge on any atom is 0.120 e. The smallest absolute Gasteiger partial charge is 0.120 e. The topological polar surface area (TPSA) is 41.5 Å². The second-order valence-corrected chi connectivity index (χ2v) is 6.38. The molecule has 4 rings (SSSR count). The van der Waals surface area contributed by atoms with Crippen molar-refractivity contribution in [3.05, 3.63) is 84.9 Å². The number of aliphatic hydroxyl groups excluding tert-OH is 1. The zero-order valence-electron chi connectivity index (χ0n) is 14.4. The predicted molar refractivity (Wildman–Crippen MR) is 108 cm³/mol. The van der Waals surface area contributed by atoms with Crippen molar-refractivity contribution >= 4 is 27.2 Å². The van der Waals surface area contributed by atoms with E-state index in [1.54, 1.807) is 0 Å². The second kappa shape index (κ2) is 7.46. The van der Waals surface area contributed by atoms with Crippen LogP contribution in [0.3, 0.4) is 0 Å². The van der Waals surface area contributed by atoms with Gasteiger partial charge >= 0.3 is 0 Å². The number of hydrogen-bond acceptors (Lipinski definition) is 3. The lowest BCUT2D eigenvalue weighted by atomic mass is 10.1. The minimum atomic E-state index is -0.597. The molecule has 0 aliphatic heterocycles. The summed E-state index contributed by atoms with van der Waals surface area (Å²) in [6.07, 6.45) is -0.597. The molecule has 26 heavy (non-hydrogen) atoms. The average molecular weight is 343 g/mol. The predicted octanol–water partition coefficient (Wildman–Crippen LogP) is 4.84. The summed E-state index contributed by atoms with van der Waals surface area (Å²) in [5.74, 6) is 0.771. The summed E-state index contributed by atoms with van der Waals surface area (Å²) >= 11 is 0. The Bertz CT molecular complexity index is 1020. The summed E-state index contributed by atoms with van der Waals surface area (Å²) in [5, 5.41) is 18.2. The van der Waals surface area contributed by atoms with Crippen LogP contribution in [-0.4, -0.2) is 24.4 Å². The molecule has 2 N–H and O–H groups in total. The van der Waals surface area contributed by atoms with Crippen molar-refractivity contribution in [1.82, 2.24) is 0 Å². The van der Waals surface area contributed by atoms with E-state index in [0.717, 1.165) is 22.2 Å². The van der Waals surface area contributed by atoms with E-state index in [-0.39, 0.29) is 6.61 Å². The van der Waals surface area contributed by atoms with Crippen LogP contribution >= 0.6 is 0 Å². The number of hydrogen-bond donors (Lipinski definition) is 2. The largest absolute Gasteiger partial charge is 0.491 e. The van der Waals surface area contributed by atoms with Crippen molar-refractivity contribution in [2.45, 2.75) is 6.10 Å². The van der Waals surface area contributed by atoms with Crippen molar-refractivity contribution < 1.29 is 9.84 Å². The molecule has 0 aliphatic rings. The van der Waals surface area contributed by atoms with Crippen LogP contribution in [0.5, 0.6) is 5.75 Å². The first kappa shape index (κ1) is 16.4. The molecular formula is C23H21NO2. The molecule has 0 bridgehead atoms. The van der Waals surface area contributed by atoms with Gasteiger partial charge in [0.05, 0.1) is 0 Å². The fourth-order valence-corrected chi connectivity index (χ4v) is 3.12. The molecule has 0 aliphatic carbocycles. The second-order valence-electron chi connectivity index (χ2n) is 6.38. The van der Waals surface area contributed by atoms with Gasteiger partial charge in [-0.1, -0.05) is 66.7 Å². The number of ether oxygens (including phenoxy) is 1. The fourth-order valence-electron chi connectivity index (χ4n) is 3.12. The summed E-state index contributed by atoms with van der Waals surface area (Å²) in [6.45, 7) is 0.678. The minimum absolute atomic E-state index is 0.246. The molecule has 3 nitrogen and oxygen atoms in total. The Kier molecular flexibility index (Phi) is 4.71. The number of nitrogens with one attached hydrogen (secondary N) is 1. The highest BCUT2D eigenvalue weighted by Gasteiger charge is 2.07. The highest BCUT2D eigenvalue weighted by molar-refractivity contribution is 5.93. The number of benzene rings is 4. The van der Waals surface area contributed by atoms with Gasteiger partial charge in [-0.15, -0.1) is 0 Å². The third kappa shape index (κ3) is 3.63. The van der Waals surface area contributed by atoms with Crippen molar-refractivity contribution in [1.29, 1.82) is 0 Å². The third-order valence-corrected chi connectivity index (χ3v) is 4.48. The first-order valence-corrected chi connectivity index (χ1v) is 8.81. The van der Waals surface area contributed by atoms with E-state index in [2.05, 4.69) is 35.6 Å². The van der Waals surface area contributed by atoms with E-state index in [0.29, 0.717) is 6.54 Å². The van der Waals surface area contributed by atoms with Gasteiger partial charge in [0, 0.05) is 17.6 Å². The van der Waals surface area contributed by atoms with Crippen molar-refractivity contribution in [3.8, 4) is 5.75 Å². The Morgan fingerprint density at radius 3 is 2.38 bits per heavy atom. The quantitative estimate of drug-likeness (QED) is 0.526. The summed E-state index contributed by atoms with van der Waals surface area (Å²) < 4.78 is 5.76. The van der Waals surface area contributed by atoms with Crippen molar-refractivity contribution in [2.24, 2.45) is 0 Å². The number of anilines is 1. The van der Waals surface area contributed by atoms with Gasteiger partial charge in [-0.3, -0.25) is 0 Å². The van der Waals surface area contributed by atoms with E-state index < -0.39 is 6.10 Å². The summed E-state index contributed by atoms with van der Waals surface area (Å²) in [4.78, 5) is 0. The van der Waals surface area contributed by atoms with Crippen LogP contribution in [0.4, 0.5) is 5.69 Å². The van der Waals surface area contributed by atoms with Crippen LogP contribution in [0.1, 0.15) is 0 Å². The lowest BCUT2D eigenvalue weighted by molar-refractivity contribution is 0.117. The van der Waals surface area contributed by atoms with Gasteiger partial charge in [-0.2, -0.15) is 0 Å². The Labute approximate surface area is 152 Å². The average Bonchev–Trinajstić information content (AvgIpc) is 2.70. The van der Waals surface area contributed by atoms with Gasteiger partial charge in [-0.25, -0.2) is 0 Å². The SMILES string of the molecule is O[C@@H](CNc1cccc2ccccc12)COc1ccc2ccccc2c1. The molecular weight excluding hydrogens is 322 g/mol. The Hall–Kier alpha value is -3.04. The molecule has 0 amide bonds. The Balaban J connectivity index is 1.36. The van der Waals surface area contributed by atoms with E-state index in [1.807, 2.05) is 54.6 Å². The van der Waals surface area contributed by atoms with E-state index in [1.165, 1.54) is 10.8 Å². The maximum absolute atomic E-state index is 10.3. The van der Waals surface area contributed by atoms with Gasteiger partial charge in [0.2, 0.25) is 0 Å². The molecule has 0 aromatic heterocycles. The molecule has 3 heteroatoms. The first-order valence-electron chi connectivity index (χ1n) is 8.81. The summed E-state index contributed by atoms with van der Waals surface area (Å²) in [7, 11) is 0. The Morgan fingerprint density at radius 2 is 1.50 bits per heavy atom. The molecule has 0 fully saturated rings. The molecule has 0 saturated carbocycles. The van der Waals surface area contributed by atoms with Gasteiger partial charge in [0.1, 0.15) is 18.5 Å². The lowest BCUT2D eigenvalue weighted by Gasteiger charge is -2.15. The molecule has 0 radical (unpaired) electrons. The minimum Gasteiger partial charge on any atom is -0.491 e. The van der Waals surface area contributed by atoms with Crippen molar-refractivity contribution in [2.75, 3.05) is 18.5 Å². The van der Waals surface area contributed by atoms with Crippen LogP contribution < -0.4 is 10.1 Å². The van der Waals surface area contributed by atoms with Crippen molar-refractivity contribution in [3.63, 3.8) is 0 Å². The van der Waals surface area contributed by atoms with Gasteiger partial charge in [0.15, 0.2) is 0 Å². The summed E-state index contributed by atoms with van der Waals surface area (Å²) in [6, 6.07) is 28.5. The van der Waals surface area contributed by atoms with Crippen LogP contribution in [0.15, 0.2) is 84.9 Å². The molecule has 130 valence electrons. The first-order chi connectivity index (χ1) is 12.8. The standard InChI is InChI=1S/C23H21NO2/c25-20(15-24-23-11-5-9-18-7-3-4-10-22(18)23)16-26-21-13-12-17-6-1-2-8-19(17)14-21/h1-14,20,24-25H,15-16H2/t20-/m0/s1. The van der Waals surface area contributed by atoms with Gasteiger partial charge in [0.25, 0.3) is 0 Å². The molecule has 0 unspecified atom stereocenters. The zero-order valence-corrected chi connectivity index (χ0v) is 14.4. The van der Waals surface area contributed by atoms with Crippen LogP contribution in [0, 0.1) is 0 Å². The van der Waals surface area contributed by atoms with Crippen LogP contribution in [0.25, 0.3) is 21.5 Å². The number of fused-ring (bicyclic) bond motifs is 2. The molecule has 4 aromatic rings. The number of rotatable bonds is 6.